The minimum atomic E-state index is -0.225. The molecule has 0 unspecified atom stereocenters. The van der Waals surface area contributed by atoms with Crippen molar-refractivity contribution >= 4 is 24.0 Å². The lowest BCUT2D eigenvalue weighted by atomic mass is 10.2. The molecule has 192 valence electrons. The van der Waals surface area contributed by atoms with Crippen molar-refractivity contribution in [2.24, 2.45) is 10.2 Å². The van der Waals surface area contributed by atoms with Gasteiger partial charge in [0.25, 0.3) is 0 Å². The Labute approximate surface area is 203 Å². The van der Waals surface area contributed by atoms with E-state index in [0.717, 1.165) is 103 Å². The van der Waals surface area contributed by atoms with Crippen molar-refractivity contribution in [2.75, 3.05) is 39.4 Å². The molecule has 0 atom stereocenters. The minimum absolute atomic E-state index is 0.141. The fraction of sp³-hybridized carbons (Fsp3) is 0.846. The number of ketones is 2. The van der Waals surface area contributed by atoms with Gasteiger partial charge < -0.3 is 4.74 Å². The summed E-state index contributed by atoms with van der Waals surface area (Å²) in [4.78, 5) is 24.2. The van der Waals surface area contributed by atoms with Crippen LogP contribution in [0.3, 0.4) is 0 Å². The summed E-state index contributed by atoms with van der Waals surface area (Å²) in [6, 6.07) is 0. The van der Waals surface area contributed by atoms with Gasteiger partial charge in [-0.2, -0.15) is 10.2 Å². The van der Waals surface area contributed by atoms with E-state index in [2.05, 4.69) is 37.9 Å². The Morgan fingerprint density at radius 1 is 0.576 bits per heavy atom. The van der Waals surface area contributed by atoms with Crippen LogP contribution in [-0.2, 0) is 14.3 Å². The lowest BCUT2D eigenvalue weighted by Crippen LogP contribution is -2.23. The van der Waals surface area contributed by atoms with Gasteiger partial charge in [0.15, 0.2) is 0 Å². The number of nitrogens with zero attached hydrogens (tertiary/aromatic N) is 4. The molecule has 0 amide bonds. The highest BCUT2D eigenvalue weighted by Gasteiger charge is 2.06. The SMILES string of the molecule is CCCCCN(CCCCC)N=CC(=O)COCC(=O)C=NN(CCCCC)CCCCC. The zero-order valence-corrected chi connectivity index (χ0v) is 21.9. The first-order valence-corrected chi connectivity index (χ1v) is 13.3. The largest absolute Gasteiger partial charge is 0.365 e. The van der Waals surface area contributed by atoms with Crippen LogP contribution in [0.1, 0.15) is 105 Å². The Balaban J connectivity index is 4.39. The van der Waals surface area contributed by atoms with Gasteiger partial charge in [0.05, 0.1) is 12.4 Å². The van der Waals surface area contributed by atoms with Crippen molar-refractivity contribution in [1.82, 2.24) is 10.0 Å². The molecule has 0 aliphatic heterocycles. The van der Waals surface area contributed by atoms with E-state index < -0.39 is 0 Å². The van der Waals surface area contributed by atoms with Crippen molar-refractivity contribution in [2.45, 2.75) is 105 Å². The van der Waals surface area contributed by atoms with E-state index in [-0.39, 0.29) is 24.8 Å². The lowest BCUT2D eigenvalue weighted by Gasteiger charge is -2.18. The van der Waals surface area contributed by atoms with Gasteiger partial charge in [-0.15, -0.1) is 0 Å². The summed E-state index contributed by atoms with van der Waals surface area (Å²) in [6.45, 7) is 11.9. The van der Waals surface area contributed by atoms with Gasteiger partial charge in [0.2, 0.25) is 11.6 Å². The van der Waals surface area contributed by atoms with Crippen molar-refractivity contribution in [1.29, 1.82) is 0 Å². The van der Waals surface area contributed by atoms with Crippen LogP contribution in [0.4, 0.5) is 0 Å². The van der Waals surface area contributed by atoms with Gasteiger partial charge in [-0.3, -0.25) is 19.6 Å². The summed E-state index contributed by atoms with van der Waals surface area (Å²) in [6.07, 6.45) is 16.3. The van der Waals surface area contributed by atoms with Crippen molar-refractivity contribution in [3.8, 4) is 0 Å². The molecule has 0 aromatic rings. The molecule has 0 aliphatic rings. The number of hydrogen-bond acceptors (Lipinski definition) is 7. The van der Waals surface area contributed by atoms with Crippen LogP contribution in [-0.4, -0.2) is 73.4 Å². The predicted molar refractivity (Wildman–Crippen MR) is 139 cm³/mol. The van der Waals surface area contributed by atoms with Crippen LogP contribution in [0.25, 0.3) is 0 Å². The standard InChI is InChI=1S/C26H50N4O3/c1-5-9-13-17-29(18-14-10-6-2)27-21-25(31)23-33-24-26(32)22-28-30(19-15-11-7-3)20-16-12-8-4/h21-22H,5-20,23-24H2,1-4H3. The number of carbonyl (C=O) groups excluding carboxylic acids is 2. The molecule has 33 heavy (non-hydrogen) atoms. The van der Waals surface area contributed by atoms with Gasteiger partial charge in [-0.1, -0.05) is 79.1 Å². The monoisotopic (exact) mass is 466 g/mol. The fourth-order valence-corrected chi connectivity index (χ4v) is 3.25. The minimum Gasteiger partial charge on any atom is -0.365 e. The molecule has 0 aliphatic carbocycles. The maximum Gasteiger partial charge on any atom is 0.201 e. The second kappa shape index (κ2) is 23.4. The molecule has 0 radical (unpaired) electrons. The number of Topliss-reactive ketones (excluding diaryl/α,β-unsaturated/α-hetero) is 2. The smallest absolute Gasteiger partial charge is 0.201 e. The second-order valence-electron chi connectivity index (χ2n) is 8.65. The Morgan fingerprint density at radius 3 is 1.15 bits per heavy atom. The van der Waals surface area contributed by atoms with Gasteiger partial charge in [-0.05, 0) is 25.7 Å². The average Bonchev–Trinajstić information content (AvgIpc) is 2.80. The molecule has 0 saturated carbocycles. The Bertz CT molecular complexity index is 472. The summed E-state index contributed by atoms with van der Waals surface area (Å²) < 4.78 is 5.30. The van der Waals surface area contributed by atoms with E-state index in [4.69, 9.17) is 4.74 Å². The first-order valence-electron chi connectivity index (χ1n) is 13.3. The van der Waals surface area contributed by atoms with Crippen molar-refractivity contribution in [3.63, 3.8) is 0 Å². The van der Waals surface area contributed by atoms with Crippen LogP contribution >= 0.6 is 0 Å². The zero-order valence-electron chi connectivity index (χ0n) is 21.9. The summed E-state index contributed by atoms with van der Waals surface area (Å²) in [5.41, 5.74) is 0. The summed E-state index contributed by atoms with van der Waals surface area (Å²) in [5, 5.41) is 12.7. The summed E-state index contributed by atoms with van der Waals surface area (Å²) in [5.74, 6) is -0.451. The molecule has 0 saturated heterocycles. The number of unbranched alkanes of at least 4 members (excludes halogenated alkanes) is 8. The van der Waals surface area contributed by atoms with E-state index in [1.54, 1.807) is 0 Å². The van der Waals surface area contributed by atoms with Crippen LogP contribution in [0, 0.1) is 0 Å². The van der Waals surface area contributed by atoms with Crippen LogP contribution in [0.15, 0.2) is 10.2 Å². The molecule has 0 N–H and O–H groups in total. The topological polar surface area (TPSA) is 74.6 Å². The Hall–Kier alpha value is -1.76. The summed E-state index contributed by atoms with van der Waals surface area (Å²) in [7, 11) is 0. The molecule has 0 rings (SSSR count). The lowest BCUT2D eigenvalue weighted by molar-refractivity contribution is -0.121. The highest BCUT2D eigenvalue weighted by Crippen LogP contribution is 2.04. The maximum absolute atomic E-state index is 12.1. The average molecular weight is 467 g/mol. The number of carbonyl (C=O) groups is 2. The summed E-state index contributed by atoms with van der Waals surface area (Å²) >= 11 is 0. The number of rotatable bonds is 24. The molecular formula is C26H50N4O3. The number of hydrazone groups is 2. The van der Waals surface area contributed by atoms with Gasteiger partial charge in [0.1, 0.15) is 13.2 Å². The zero-order chi connectivity index (χ0) is 24.6. The number of ether oxygens (including phenoxy) is 1. The van der Waals surface area contributed by atoms with Gasteiger partial charge >= 0.3 is 0 Å². The Kier molecular flexibility index (Phi) is 22.2. The predicted octanol–water partition coefficient (Wildman–Crippen LogP) is 5.48. The maximum atomic E-state index is 12.1. The van der Waals surface area contributed by atoms with Crippen molar-refractivity contribution < 1.29 is 14.3 Å². The third-order valence-electron chi connectivity index (χ3n) is 5.30. The van der Waals surface area contributed by atoms with Crippen molar-refractivity contribution in [3.05, 3.63) is 0 Å². The quantitative estimate of drug-likeness (QED) is 0.107. The van der Waals surface area contributed by atoms with E-state index in [0.29, 0.717) is 0 Å². The highest BCUT2D eigenvalue weighted by molar-refractivity contribution is 6.29. The van der Waals surface area contributed by atoms with Crippen LogP contribution < -0.4 is 0 Å². The molecule has 7 heteroatoms. The van der Waals surface area contributed by atoms with E-state index in [9.17, 15) is 9.59 Å². The molecule has 7 nitrogen and oxygen atoms in total. The first kappa shape index (κ1) is 31.2. The normalized spacial score (nSPS) is 11.5. The third kappa shape index (κ3) is 20.6. The van der Waals surface area contributed by atoms with Gasteiger partial charge in [0, 0.05) is 26.2 Å². The molecule has 0 fully saturated rings. The first-order chi connectivity index (χ1) is 16.1. The highest BCUT2D eigenvalue weighted by atomic mass is 16.5. The number of hydrogen-bond donors (Lipinski definition) is 0. The van der Waals surface area contributed by atoms with Crippen LogP contribution in [0.2, 0.25) is 0 Å². The molecule has 0 spiro atoms. The molecule has 0 heterocycles. The second-order valence-corrected chi connectivity index (χ2v) is 8.65. The van der Waals surface area contributed by atoms with E-state index >= 15 is 0 Å². The van der Waals surface area contributed by atoms with Gasteiger partial charge in [-0.25, -0.2) is 0 Å². The van der Waals surface area contributed by atoms with E-state index in [1.165, 1.54) is 12.4 Å². The molecule has 0 bridgehead atoms. The molecular weight excluding hydrogens is 416 g/mol. The Morgan fingerprint density at radius 2 is 0.879 bits per heavy atom. The van der Waals surface area contributed by atoms with Crippen LogP contribution in [0.5, 0.6) is 0 Å². The van der Waals surface area contributed by atoms with E-state index in [1.807, 2.05) is 10.0 Å². The fourth-order valence-electron chi connectivity index (χ4n) is 3.25. The third-order valence-corrected chi connectivity index (χ3v) is 5.30. The molecule has 0 aromatic carbocycles. The molecule has 0 aromatic heterocycles.